The number of hydrogen-bond acceptors (Lipinski definition) is 4. The summed E-state index contributed by atoms with van der Waals surface area (Å²) in [5.74, 6) is -1.17. The van der Waals surface area contributed by atoms with Gasteiger partial charge in [0.15, 0.2) is 11.5 Å². The summed E-state index contributed by atoms with van der Waals surface area (Å²) in [6, 6.07) is 20.4. The summed E-state index contributed by atoms with van der Waals surface area (Å²) in [4.78, 5) is 28.6. The Bertz CT molecular complexity index is 1070. The monoisotopic (exact) mass is 403 g/mol. The molecule has 2 aromatic carbocycles. The van der Waals surface area contributed by atoms with Crippen molar-refractivity contribution >= 4 is 28.7 Å². The number of carbonyl (C=O) groups is 2. The number of aryl methyl sites for hydroxylation is 2. The highest BCUT2D eigenvalue weighted by atomic mass is 32.1. The molecule has 2 heterocycles. The molecule has 1 amide bonds. The van der Waals surface area contributed by atoms with Gasteiger partial charge in [0.2, 0.25) is 0 Å². The summed E-state index contributed by atoms with van der Waals surface area (Å²) in [5.41, 5.74) is 2.85. The number of rotatable bonds is 6. The molecule has 3 aromatic rings. The quantitative estimate of drug-likeness (QED) is 0.619. The van der Waals surface area contributed by atoms with Crippen molar-refractivity contribution in [2.24, 2.45) is 0 Å². The molecule has 146 valence electrons. The largest absolute Gasteiger partial charge is 0.503 e. The van der Waals surface area contributed by atoms with Gasteiger partial charge in [0.25, 0.3) is 5.91 Å². The summed E-state index contributed by atoms with van der Waals surface area (Å²) in [6.07, 6.45) is 0.798. The van der Waals surface area contributed by atoms with E-state index in [1.807, 2.05) is 79.0 Å². The fourth-order valence-corrected chi connectivity index (χ4v) is 4.55. The molecule has 1 aliphatic rings. The third kappa shape index (κ3) is 3.61. The van der Waals surface area contributed by atoms with Crippen molar-refractivity contribution in [3.8, 4) is 0 Å². The minimum atomic E-state index is -0.605. The lowest BCUT2D eigenvalue weighted by molar-refractivity contribution is -0.118. The smallest absolute Gasteiger partial charge is 0.294 e. The van der Waals surface area contributed by atoms with Gasteiger partial charge in [0.1, 0.15) is 6.04 Å². The normalized spacial score (nSPS) is 16.5. The lowest BCUT2D eigenvalue weighted by atomic mass is 9.96. The lowest BCUT2D eigenvalue weighted by Crippen LogP contribution is -2.31. The fraction of sp³-hybridized carbons (Fsp3) is 0.167. The van der Waals surface area contributed by atoms with Gasteiger partial charge in [-0.05, 0) is 42.0 Å². The second-order valence-corrected chi connectivity index (χ2v) is 8.03. The van der Waals surface area contributed by atoms with Gasteiger partial charge in [-0.15, -0.1) is 11.3 Å². The zero-order valence-electron chi connectivity index (χ0n) is 16.0. The average molecular weight is 404 g/mol. The van der Waals surface area contributed by atoms with Crippen LogP contribution in [0.5, 0.6) is 0 Å². The van der Waals surface area contributed by atoms with Crippen LogP contribution in [-0.2, 0) is 16.0 Å². The molecular formula is C24H21NO3S. The minimum Gasteiger partial charge on any atom is -0.503 e. The zero-order chi connectivity index (χ0) is 20.4. The number of aliphatic hydroxyl groups is 1. The van der Waals surface area contributed by atoms with Crippen LogP contribution in [0.4, 0.5) is 5.69 Å². The van der Waals surface area contributed by atoms with E-state index < -0.39 is 17.7 Å². The number of nitrogens with zero attached hydrogens (tertiary/aromatic N) is 1. The van der Waals surface area contributed by atoms with Crippen LogP contribution in [-0.4, -0.2) is 16.8 Å². The van der Waals surface area contributed by atoms with Gasteiger partial charge in [-0.2, -0.15) is 0 Å². The second-order valence-electron chi connectivity index (χ2n) is 7.05. The van der Waals surface area contributed by atoms with Crippen LogP contribution < -0.4 is 4.90 Å². The molecule has 1 unspecified atom stereocenters. The first-order valence-electron chi connectivity index (χ1n) is 9.50. The number of hydrogen-bond donors (Lipinski definition) is 1. The molecule has 0 fully saturated rings. The van der Waals surface area contributed by atoms with E-state index in [0.717, 1.165) is 16.0 Å². The Balaban J connectivity index is 1.70. The third-order valence-corrected chi connectivity index (χ3v) is 6.10. The van der Waals surface area contributed by atoms with E-state index in [4.69, 9.17) is 0 Å². The van der Waals surface area contributed by atoms with E-state index in [9.17, 15) is 14.7 Å². The Kier molecular flexibility index (Phi) is 5.32. The fourth-order valence-electron chi connectivity index (χ4n) is 3.73. The van der Waals surface area contributed by atoms with Crippen LogP contribution in [0, 0.1) is 6.92 Å². The van der Waals surface area contributed by atoms with Crippen LogP contribution in [0.15, 0.2) is 83.4 Å². The molecular weight excluding hydrogens is 382 g/mol. The van der Waals surface area contributed by atoms with Gasteiger partial charge in [-0.25, -0.2) is 0 Å². The number of para-hydroxylation sites is 1. The predicted octanol–water partition coefficient (Wildman–Crippen LogP) is 5.16. The molecule has 1 atom stereocenters. The van der Waals surface area contributed by atoms with E-state index >= 15 is 0 Å². The number of carbonyl (C=O) groups excluding carboxylic acids is 2. The maximum atomic E-state index is 13.1. The van der Waals surface area contributed by atoms with Crippen molar-refractivity contribution in [3.63, 3.8) is 0 Å². The highest BCUT2D eigenvalue weighted by Crippen LogP contribution is 2.43. The van der Waals surface area contributed by atoms with Gasteiger partial charge in [-0.3, -0.25) is 14.5 Å². The molecule has 0 bridgehead atoms. The molecule has 1 aromatic heterocycles. The summed E-state index contributed by atoms with van der Waals surface area (Å²) in [5, 5.41) is 12.6. The van der Waals surface area contributed by atoms with Gasteiger partial charge in [0, 0.05) is 17.0 Å². The van der Waals surface area contributed by atoms with Crippen LogP contribution >= 0.6 is 11.3 Å². The Hall–Kier alpha value is -3.18. The number of amides is 1. The third-order valence-electron chi connectivity index (χ3n) is 5.18. The van der Waals surface area contributed by atoms with Crippen LogP contribution in [0.3, 0.4) is 0 Å². The van der Waals surface area contributed by atoms with Crippen molar-refractivity contribution < 1.29 is 14.7 Å². The van der Waals surface area contributed by atoms with Gasteiger partial charge in [-0.1, -0.05) is 54.6 Å². The summed E-state index contributed by atoms with van der Waals surface area (Å²) in [7, 11) is 0. The van der Waals surface area contributed by atoms with E-state index in [0.29, 0.717) is 12.1 Å². The Morgan fingerprint density at radius 2 is 1.76 bits per heavy atom. The van der Waals surface area contributed by atoms with E-state index in [2.05, 4.69) is 0 Å². The van der Waals surface area contributed by atoms with Gasteiger partial charge < -0.3 is 5.11 Å². The van der Waals surface area contributed by atoms with Crippen molar-refractivity contribution in [2.75, 3.05) is 4.90 Å². The standard InChI is InChI=1S/C24H21NO3S/c1-16-8-5-6-11-18(16)25-22(20-12-7-15-29-20)21(23(27)24(25)28)19(26)14-13-17-9-3-2-4-10-17/h2-12,15,22,27H,13-14H2,1H3. The van der Waals surface area contributed by atoms with Gasteiger partial charge in [0.05, 0.1) is 5.57 Å². The summed E-state index contributed by atoms with van der Waals surface area (Å²) < 4.78 is 0. The molecule has 0 radical (unpaired) electrons. The first-order chi connectivity index (χ1) is 14.1. The Morgan fingerprint density at radius 3 is 2.45 bits per heavy atom. The number of benzene rings is 2. The first kappa shape index (κ1) is 19.2. The van der Waals surface area contributed by atoms with Gasteiger partial charge >= 0.3 is 0 Å². The van der Waals surface area contributed by atoms with E-state index in [1.54, 1.807) is 4.90 Å². The van der Waals surface area contributed by atoms with E-state index in [1.165, 1.54) is 11.3 Å². The first-order valence-corrected chi connectivity index (χ1v) is 10.4. The maximum Gasteiger partial charge on any atom is 0.294 e. The molecule has 1 aliphatic heterocycles. The maximum absolute atomic E-state index is 13.1. The summed E-state index contributed by atoms with van der Waals surface area (Å²) in [6.45, 7) is 1.92. The molecule has 0 saturated heterocycles. The lowest BCUT2D eigenvalue weighted by Gasteiger charge is -2.27. The number of anilines is 1. The molecule has 5 heteroatoms. The minimum absolute atomic E-state index is 0.191. The second kappa shape index (κ2) is 8.05. The van der Waals surface area contributed by atoms with Crippen LogP contribution in [0.2, 0.25) is 0 Å². The average Bonchev–Trinajstić information content (AvgIpc) is 3.35. The Labute approximate surface area is 173 Å². The van der Waals surface area contributed by atoms with Crippen molar-refractivity contribution in [2.45, 2.75) is 25.8 Å². The highest BCUT2D eigenvalue weighted by Gasteiger charge is 2.44. The molecule has 0 spiro atoms. The van der Waals surface area contributed by atoms with E-state index in [-0.39, 0.29) is 17.8 Å². The molecule has 0 aliphatic carbocycles. The SMILES string of the molecule is Cc1ccccc1N1C(=O)C(O)=C(C(=O)CCc2ccccc2)C1c1cccs1. The van der Waals surface area contributed by atoms with Crippen LogP contribution in [0.1, 0.15) is 28.5 Å². The topological polar surface area (TPSA) is 57.6 Å². The number of ketones is 1. The molecule has 0 saturated carbocycles. The molecule has 4 rings (SSSR count). The number of Topliss-reactive ketones (excluding diaryl/α,β-unsaturated/α-hetero) is 1. The molecule has 29 heavy (non-hydrogen) atoms. The molecule has 4 nitrogen and oxygen atoms in total. The van der Waals surface area contributed by atoms with Crippen LogP contribution in [0.25, 0.3) is 0 Å². The summed E-state index contributed by atoms with van der Waals surface area (Å²) >= 11 is 1.47. The van der Waals surface area contributed by atoms with Crippen molar-refractivity contribution in [1.82, 2.24) is 0 Å². The van der Waals surface area contributed by atoms with Crippen molar-refractivity contribution in [3.05, 3.63) is 99.4 Å². The van der Waals surface area contributed by atoms with Crippen molar-refractivity contribution in [1.29, 1.82) is 0 Å². The highest BCUT2D eigenvalue weighted by molar-refractivity contribution is 7.10. The molecule has 1 N–H and O–H groups in total. The predicted molar refractivity (Wildman–Crippen MR) is 115 cm³/mol. The Morgan fingerprint density at radius 1 is 1.03 bits per heavy atom. The number of aliphatic hydroxyl groups excluding tert-OH is 1. The zero-order valence-corrected chi connectivity index (χ0v) is 16.9. The number of thiophene rings is 1.